The van der Waals surface area contributed by atoms with Gasteiger partial charge in [-0.1, -0.05) is 44.2 Å². The van der Waals surface area contributed by atoms with Crippen LogP contribution >= 0.6 is 15.9 Å². The predicted octanol–water partition coefficient (Wildman–Crippen LogP) is 4.30. The van der Waals surface area contributed by atoms with Gasteiger partial charge in [0, 0.05) is 11.6 Å². The Morgan fingerprint density at radius 3 is 2.57 bits per heavy atom. The minimum Gasteiger partial charge on any atom is -0.247 e. The highest BCUT2D eigenvalue weighted by molar-refractivity contribution is 9.10. The molecule has 0 saturated heterocycles. The van der Waals surface area contributed by atoms with E-state index in [4.69, 9.17) is 0 Å². The lowest BCUT2D eigenvalue weighted by Crippen LogP contribution is -2.14. The number of fused-ring (bicyclic) bond motifs is 1. The van der Waals surface area contributed by atoms with Crippen LogP contribution < -0.4 is 0 Å². The van der Waals surface area contributed by atoms with Crippen molar-refractivity contribution in [1.82, 2.24) is 8.96 Å². The first kappa shape index (κ1) is 16.2. The highest BCUT2D eigenvalue weighted by atomic mass is 79.9. The molecule has 3 aromatic rings. The van der Waals surface area contributed by atoms with Crippen LogP contribution in [0.1, 0.15) is 30.9 Å². The molecular weight excluding hydrogens is 376 g/mol. The van der Waals surface area contributed by atoms with Gasteiger partial charge >= 0.3 is 0 Å². The molecule has 0 aliphatic rings. The van der Waals surface area contributed by atoms with Crippen LogP contribution in [-0.2, 0) is 15.8 Å². The Morgan fingerprint density at radius 2 is 1.91 bits per heavy atom. The fourth-order valence-corrected chi connectivity index (χ4v) is 4.44. The normalized spacial score (nSPS) is 12.2. The van der Waals surface area contributed by atoms with Crippen molar-refractivity contribution in [3.8, 4) is 0 Å². The maximum Gasteiger partial charge on any atom is 0.243 e. The quantitative estimate of drug-likeness (QED) is 0.621. The van der Waals surface area contributed by atoms with Crippen molar-refractivity contribution < 1.29 is 8.42 Å². The van der Waals surface area contributed by atoms with Crippen LogP contribution in [0.4, 0.5) is 0 Å². The van der Waals surface area contributed by atoms with Crippen molar-refractivity contribution in [3.63, 3.8) is 0 Å². The highest BCUT2D eigenvalue weighted by Crippen LogP contribution is 2.30. The van der Waals surface area contributed by atoms with Gasteiger partial charge in [-0.05, 0) is 39.0 Å². The summed E-state index contributed by atoms with van der Waals surface area (Å²) in [5, 5.41) is 0.915. The lowest BCUT2D eigenvalue weighted by atomic mass is 10.0. The number of benzene rings is 1. The Balaban J connectivity index is 2.16. The molecule has 0 spiro atoms. The largest absolute Gasteiger partial charge is 0.247 e. The fourth-order valence-electron chi connectivity index (χ4n) is 2.64. The van der Waals surface area contributed by atoms with Gasteiger partial charge < -0.3 is 0 Å². The summed E-state index contributed by atoms with van der Waals surface area (Å²) in [6, 6.07) is 11.1. The summed E-state index contributed by atoms with van der Waals surface area (Å²) in [4.78, 5) is 4.19. The van der Waals surface area contributed by atoms with E-state index in [9.17, 15) is 8.42 Å². The van der Waals surface area contributed by atoms with Gasteiger partial charge in [0.05, 0.1) is 17.5 Å². The molecule has 6 heteroatoms. The number of pyridine rings is 1. The summed E-state index contributed by atoms with van der Waals surface area (Å²) in [6.07, 6.45) is 3.33. The Morgan fingerprint density at radius 1 is 1.22 bits per heavy atom. The number of nitrogens with zero attached hydrogens (tertiary/aromatic N) is 2. The van der Waals surface area contributed by atoms with E-state index in [0.29, 0.717) is 10.1 Å². The molecule has 2 heterocycles. The number of halogens is 1. The molecule has 23 heavy (non-hydrogen) atoms. The van der Waals surface area contributed by atoms with Crippen LogP contribution in [0, 0.1) is 0 Å². The molecule has 2 aromatic heterocycles. The second kappa shape index (κ2) is 6.09. The molecular formula is C17H17BrN2O2S. The Kier molecular flexibility index (Phi) is 4.29. The van der Waals surface area contributed by atoms with E-state index in [-0.39, 0.29) is 11.7 Å². The summed E-state index contributed by atoms with van der Waals surface area (Å²) in [5.74, 6) is 0.186. The summed E-state index contributed by atoms with van der Waals surface area (Å²) in [6.45, 7) is 4.11. The molecule has 120 valence electrons. The highest BCUT2D eigenvalue weighted by Gasteiger charge is 2.21. The third-order valence-corrected chi connectivity index (χ3v) is 5.80. The third-order valence-electron chi connectivity index (χ3n) is 3.77. The zero-order chi connectivity index (χ0) is 16.6. The van der Waals surface area contributed by atoms with Gasteiger partial charge in [-0.25, -0.2) is 17.4 Å². The number of hydrogen-bond acceptors (Lipinski definition) is 3. The number of hydrogen-bond donors (Lipinski definition) is 0. The first-order valence-electron chi connectivity index (χ1n) is 7.32. The SMILES string of the molecule is CC(C)c1cn(S(=O)(=O)Cc2ccccc2)c2cnc(Br)cc12. The van der Waals surface area contributed by atoms with Crippen molar-refractivity contribution in [2.45, 2.75) is 25.5 Å². The molecule has 4 nitrogen and oxygen atoms in total. The third kappa shape index (κ3) is 3.19. The van der Waals surface area contributed by atoms with Gasteiger partial charge in [0.2, 0.25) is 10.0 Å². The lowest BCUT2D eigenvalue weighted by molar-refractivity contribution is 0.588. The lowest BCUT2D eigenvalue weighted by Gasteiger charge is -2.07. The molecule has 0 radical (unpaired) electrons. The molecule has 0 unspecified atom stereocenters. The minimum atomic E-state index is -3.50. The second-order valence-electron chi connectivity index (χ2n) is 5.80. The van der Waals surface area contributed by atoms with Crippen molar-refractivity contribution >= 4 is 36.9 Å². The van der Waals surface area contributed by atoms with Crippen LogP contribution in [0.5, 0.6) is 0 Å². The summed E-state index contributed by atoms with van der Waals surface area (Å²) in [5.41, 5.74) is 2.39. The topological polar surface area (TPSA) is 52.0 Å². The Bertz CT molecular complexity index is 947. The molecule has 0 aliphatic carbocycles. The summed E-state index contributed by atoms with van der Waals surface area (Å²) >= 11 is 3.36. The monoisotopic (exact) mass is 392 g/mol. The van der Waals surface area contributed by atoms with E-state index in [0.717, 1.165) is 16.5 Å². The molecule has 0 N–H and O–H groups in total. The standard InChI is InChI=1S/C17H17BrN2O2S/c1-12(2)15-10-20(16-9-19-17(18)8-14(15)16)23(21,22)11-13-6-4-3-5-7-13/h3-10,12H,11H2,1-2H3. The molecule has 0 saturated carbocycles. The maximum absolute atomic E-state index is 12.9. The smallest absolute Gasteiger partial charge is 0.243 e. The van der Waals surface area contributed by atoms with Gasteiger partial charge in [0.1, 0.15) is 4.60 Å². The van der Waals surface area contributed by atoms with Crippen LogP contribution in [0.2, 0.25) is 0 Å². The van der Waals surface area contributed by atoms with Crippen LogP contribution in [0.3, 0.4) is 0 Å². The van der Waals surface area contributed by atoms with Crippen LogP contribution in [-0.4, -0.2) is 17.4 Å². The van der Waals surface area contributed by atoms with E-state index < -0.39 is 10.0 Å². The van der Waals surface area contributed by atoms with E-state index in [1.165, 1.54) is 3.97 Å². The predicted molar refractivity (Wildman–Crippen MR) is 96.0 cm³/mol. The van der Waals surface area contributed by atoms with Crippen molar-refractivity contribution in [2.75, 3.05) is 0 Å². The van der Waals surface area contributed by atoms with Gasteiger partial charge in [-0.3, -0.25) is 0 Å². The van der Waals surface area contributed by atoms with Gasteiger partial charge in [-0.2, -0.15) is 0 Å². The van der Waals surface area contributed by atoms with Crippen molar-refractivity contribution in [1.29, 1.82) is 0 Å². The molecule has 3 rings (SSSR count). The van der Waals surface area contributed by atoms with Gasteiger partial charge in [0.15, 0.2) is 0 Å². The van der Waals surface area contributed by atoms with E-state index in [1.807, 2.05) is 36.4 Å². The van der Waals surface area contributed by atoms with Crippen LogP contribution in [0.15, 0.2) is 53.4 Å². The number of rotatable bonds is 4. The average molecular weight is 393 g/mol. The second-order valence-corrected chi connectivity index (χ2v) is 8.46. The molecule has 0 aliphatic heterocycles. The van der Waals surface area contributed by atoms with Crippen molar-refractivity contribution in [2.24, 2.45) is 0 Å². The zero-order valence-corrected chi connectivity index (χ0v) is 15.3. The zero-order valence-electron chi connectivity index (χ0n) is 12.9. The summed E-state index contributed by atoms with van der Waals surface area (Å²) in [7, 11) is -3.50. The molecule has 1 aromatic carbocycles. The van der Waals surface area contributed by atoms with Gasteiger partial charge in [-0.15, -0.1) is 0 Å². The first-order valence-corrected chi connectivity index (χ1v) is 9.72. The number of aromatic nitrogens is 2. The summed E-state index contributed by atoms with van der Waals surface area (Å²) < 4.78 is 27.8. The van der Waals surface area contributed by atoms with E-state index in [2.05, 4.69) is 34.8 Å². The first-order chi connectivity index (χ1) is 10.9. The molecule has 0 fully saturated rings. The van der Waals surface area contributed by atoms with Crippen molar-refractivity contribution in [3.05, 3.63) is 64.5 Å². The van der Waals surface area contributed by atoms with Gasteiger partial charge in [0.25, 0.3) is 0 Å². The van der Waals surface area contributed by atoms with E-state index in [1.54, 1.807) is 12.4 Å². The molecule has 0 amide bonds. The Hall–Kier alpha value is -1.66. The average Bonchev–Trinajstić information content (AvgIpc) is 2.87. The molecule has 0 atom stereocenters. The maximum atomic E-state index is 12.9. The Labute approximate surface area is 144 Å². The van der Waals surface area contributed by atoms with E-state index >= 15 is 0 Å². The molecule has 0 bridgehead atoms. The minimum absolute atomic E-state index is 0.0365. The fraction of sp³-hybridized carbons (Fsp3) is 0.235. The van der Waals surface area contributed by atoms with Crippen LogP contribution in [0.25, 0.3) is 10.9 Å².